The van der Waals surface area contributed by atoms with Crippen molar-refractivity contribution in [3.8, 4) is 0 Å². The van der Waals surface area contributed by atoms with Crippen LogP contribution in [0.15, 0.2) is 15.5 Å². The van der Waals surface area contributed by atoms with Gasteiger partial charge in [-0.25, -0.2) is 0 Å². The normalized spacial score (nSPS) is 13.2. The van der Waals surface area contributed by atoms with E-state index in [0.29, 0.717) is 54.4 Å². The maximum absolute atomic E-state index is 8.55. The van der Waals surface area contributed by atoms with E-state index in [9.17, 15) is 0 Å². The molecule has 5 N–H and O–H groups in total. The second-order valence-corrected chi connectivity index (χ2v) is 3.67. The van der Waals surface area contributed by atoms with E-state index in [-0.39, 0.29) is 0 Å². The topological polar surface area (TPSA) is 128 Å². The molecule has 0 bridgehead atoms. The fourth-order valence-electron chi connectivity index (χ4n) is 1.07. The smallest absolute Gasteiger partial charge is 0.242 e. The Morgan fingerprint density at radius 3 is 2.50 bits per heavy atom. The second kappa shape index (κ2) is 12.0. The predicted octanol–water partition coefficient (Wildman–Crippen LogP) is -1.44. The molecule has 0 aromatic rings. The van der Waals surface area contributed by atoms with Crippen molar-refractivity contribution in [2.24, 2.45) is 26.9 Å². The van der Waals surface area contributed by atoms with Crippen LogP contribution in [0.1, 0.15) is 19.3 Å². The van der Waals surface area contributed by atoms with Crippen molar-refractivity contribution in [2.75, 3.05) is 19.7 Å². The summed E-state index contributed by atoms with van der Waals surface area (Å²) in [7, 11) is 0.433. The number of hydrogen-bond acceptors (Lipinski definition) is 8. The molecule has 0 saturated heterocycles. The van der Waals surface area contributed by atoms with E-state index in [1.807, 2.05) is 0 Å². The van der Waals surface area contributed by atoms with Crippen molar-refractivity contribution in [1.29, 1.82) is 0 Å². The average molecular weight is 275 g/mol. The van der Waals surface area contributed by atoms with Crippen LogP contribution in [0.2, 0.25) is 0 Å². The van der Waals surface area contributed by atoms with Crippen molar-refractivity contribution in [2.45, 2.75) is 19.3 Å². The minimum Gasteiger partial charge on any atom is -0.466 e. The van der Waals surface area contributed by atoms with Gasteiger partial charge >= 0.3 is 0 Å². The lowest BCUT2D eigenvalue weighted by Crippen LogP contribution is -2.19. The standard InChI is InChI=1S/C9H21N5O3Si/c10-4-1-3-8(13-16-6-2-5-11)9(7-12-15)14-17-18/h7,15H,1-6,10-11H2,18H3. The van der Waals surface area contributed by atoms with Crippen LogP contribution >= 0.6 is 0 Å². The lowest BCUT2D eigenvalue weighted by atomic mass is 10.1. The van der Waals surface area contributed by atoms with Crippen LogP contribution in [0.3, 0.4) is 0 Å². The summed E-state index contributed by atoms with van der Waals surface area (Å²) in [5, 5.41) is 19.2. The summed E-state index contributed by atoms with van der Waals surface area (Å²) in [6.07, 6.45) is 3.15. The summed E-state index contributed by atoms with van der Waals surface area (Å²) in [6, 6.07) is 0. The van der Waals surface area contributed by atoms with E-state index in [4.69, 9.17) is 26.0 Å². The second-order valence-electron chi connectivity index (χ2n) is 3.31. The Hall–Kier alpha value is -1.45. The molecule has 0 unspecified atom stereocenters. The van der Waals surface area contributed by atoms with Gasteiger partial charge in [0, 0.05) is 0 Å². The van der Waals surface area contributed by atoms with E-state index in [1.165, 1.54) is 0 Å². The summed E-state index contributed by atoms with van der Waals surface area (Å²) in [6.45, 7) is 1.48. The first-order chi connectivity index (χ1) is 8.79. The fourth-order valence-corrected chi connectivity index (χ4v) is 1.26. The van der Waals surface area contributed by atoms with Gasteiger partial charge in [0.15, 0.2) is 0 Å². The molecule has 18 heavy (non-hydrogen) atoms. The molecule has 0 heterocycles. The number of nitrogens with zero attached hydrogens (tertiary/aromatic N) is 3. The predicted molar refractivity (Wildman–Crippen MR) is 74.1 cm³/mol. The zero-order valence-corrected chi connectivity index (χ0v) is 12.6. The summed E-state index contributed by atoms with van der Waals surface area (Å²) >= 11 is 0. The van der Waals surface area contributed by atoms with Crippen molar-refractivity contribution >= 4 is 28.1 Å². The molecular formula is C9H21N5O3Si. The van der Waals surface area contributed by atoms with Crippen LogP contribution < -0.4 is 11.5 Å². The number of nitrogens with two attached hydrogens (primary N) is 2. The molecule has 104 valence electrons. The van der Waals surface area contributed by atoms with Crippen LogP contribution in [0.4, 0.5) is 0 Å². The molecular weight excluding hydrogens is 254 g/mol. The molecule has 0 fully saturated rings. The van der Waals surface area contributed by atoms with Crippen molar-refractivity contribution in [3.63, 3.8) is 0 Å². The summed E-state index contributed by atoms with van der Waals surface area (Å²) < 4.78 is 4.78. The molecule has 0 spiro atoms. The Morgan fingerprint density at radius 1 is 1.22 bits per heavy atom. The molecule has 0 rings (SSSR count). The van der Waals surface area contributed by atoms with Gasteiger partial charge in [0.05, 0.1) is 6.21 Å². The zero-order valence-electron chi connectivity index (χ0n) is 10.6. The van der Waals surface area contributed by atoms with Gasteiger partial charge in [-0.2, -0.15) is 0 Å². The Kier molecular flexibility index (Phi) is 11.0. The summed E-state index contributed by atoms with van der Waals surface area (Å²) in [5.74, 6) is 0. The SMILES string of the molecule is NCCCON=C(CCCN)C(C=NO)=NO[SiH3]. The molecule has 0 atom stereocenters. The Morgan fingerprint density at radius 2 is 1.94 bits per heavy atom. The highest BCUT2D eigenvalue weighted by Gasteiger charge is 2.09. The van der Waals surface area contributed by atoms with E-state index in [1.54, 1.807) is 0 Å². The molecule has 0 aromatic heterocycles. The van der Waals surface area contributed by atoms with E-state index >= 15 is 0 Å². The van der Waals surface area contributed by atoms with Gasteiger partial charge in [0.2, 0.25) is 10.5 Å². The molecule has 0 aromatic carbocycles. The van der Waals surface area contributed by atoms with Gasteiger partial charge in [0.25, 0.3) is 0 Å². The van der Waals surface area contributed by atoms with Gasteiger partial charge in [-0.1, -0.05) is 15.5 Å². The minimum atomic E-state index is 0.327. The molecule has 0 aliphatic heterocycles. The van der Waals surface area contributed by atoms with Crippen LogP contribution in [0.25, 0.3) is 0 Å². The third-order valence-electron chi connectivity index (χ3n) is 1.90. The van der Waals surface area contributed by atoms with E-state index in [2.05, 4.69) is 15.5 Å². The molecule has 9 heteroatoms. The van der Waals surface area contributed by atoms with Crippen molar-refractivity contribution < 1.29 is 14.6 Å². The van der Waals surface area contributed by atoms with Gasteiger partial charge in [-0.3, -0.25) is 0 Å². The Labute approximate surface area is 109 Å². The highest BCUT2D eigenvalue weighted by atomic mass is 28.2. The maximum Gasteiger partial charge on any atom is 0.242 e. The van der Waals surface area contributed by atoms with Gasteiger partial charge < -0.3 is 26.0 Å². The Balaban J connectivity index is 4.65. The lowest BCUT2D eigenvalue weighted by Gasteiger charge is -2.05. The van der Waals surface area contributed by atoms with Crippen molar-refractivity contribution in [3.05, 3.63) is 0 Å². The summed E-state index contributed by atoms with van der Waals surface area (Å²) in [4.78, 5) is 5.11. The molecule has 8 nitrogen and oxygen atoms in total. The first-order valence-corrected chi connectivity index (χ1v) is 6.49. The molecule has 0 saturated carbocycles. The third-order valence-corrected chi connectivity index (χ3v) is 2.08. The number of hydrogen-bond donors (Lipinski definition) is 3. The largest absolute Gasteiger partial charge is 0.466 e. The first kappa shape index (κ1) is 16.5. The number of rotatable bonds is 10. The van der Waals surface area contributed by atoms with Crippen molar-refractivity contribution in [1.82, 2.24) is 0 Å². The monoisotopic (exact) mass is 275 g/mol. The highest BCUT2D eigenvalue weighted by molar-refractivity contribution is 6.62. The highest BCUT2D eigenvalue weighted by Crippen LogP contribution is 1.97. The Bertz CT molecular complexity index is 296. The maximum atomic E-state index is 8.55. The average Bonchev–Trinajstić information content (AvgIpc) is 2.38. The molecule has 0 aliphatic rings. The van der Waals surface area contributed by atoms with Gasteiger partial charge in [0.1, 0.15) is 18.0 Å². The lowest BCUT2D eigenvalue weighted by molar-refractivity contribution is 0.143. The molecule has 0 radical (unpaired) electrons. The number of oxime groups is 3. The zero-order chi connectivity index (χ0) is 13.6. The first-order valence-electron chi connectivity index (χ1n) is 5.68. The molecule has 0 amide bonds. The van der Waals surface area contributed by atoms with Crippen LogP contribution in [0.5, 0.6) is 0 Å². The van der Waals surface area contributed by atoms with Crippen LogP contribution in [0, 0.1) is 0 Å². The van der Waals surface area contributed by atoms with Gasteiger partial charge in [-0.05, 0) is 32.4 Å². The quantitative estimate of drug-likeness (QED) is 0.148. The fraction of sp³-hybridized carbons (Fsp3) is 0.667. The minimum absolute atomic E-state index is 0.327. The van der Waals surface area contributed by atoms with Crippen LogP contribution in [-0.2, 0) is 9.36 Å². The third kappa shape index (κ3) is 7.76. The summed E-state index contributed by atoms with van der Waals surface area (Å²) in [5.41, 5.74) is 11.6. The molecule has 0 aliphatic carbocycles. The van der Waals surface area contributed by atoms with E-state index in [0.717, 1.165) is 12.6 Å². The van der Waals surface area contributed by atoms with Crippen LogP contribution in [-0.4, -0.2) is 53.0 Å². The van der Waals surface area contributed by atoms with Gasteiger partial charge in [-0.15, -0.1) is 0 Å². The van der Waals surface area contributed by atoms with E-state index < -0.39 is 0 Å².